The van der Waals surface area contributed by atoms with E-state index in [1.165, 1.54) is 4.90 Å². The van der Waals surface area contributed by atoms with E-state index < -0.39 is 5.97 Å². The van der Waals surface area contributed by atoms with Gasteiger partial charge in [0.1, 0.15) is 6.54 Å². The minimum absolute atomic E-state index is 0.145. The van der Waals surface area contributed by atoms with Crippen molar-refractivity contribution >= 4 is 12.0 Å². The second-order valence-electron chi connectivity index (χ2n) is 4.91. The summed E-state index contributed by atoms with van der Waals surface area (Å²) in [6.45, 7) is 5.02. The molecule has 0 spiro atoms. The number of urea groups is 1. The number of nitrogens with one attached hydrogen (secondary N) is 1. The van der Waals surface area contributed by atoms with E-state index in [4.69, 9.17) is 5.11 Å². The third kappa shape index (κ3) is 4.18. The molecular weight excluding hydrogens is 234 g/mol. The minimum Gasteiger partial charge on any atom is -0.480 e. The highest BCUT2D eigenvalue weighted by molar-refractivity contribution is 5.80. The Balaban J connectivity index is 2.45. The number of amides is 2. The van der Waals surface area contributed by atoms with Gasteiger partial charge in [-0.25, -0.2) is 4.79 Å². The summed E-state index contributed by atoms with van der Waals surface area (Å²) in [5, 5.41) is 11.6. The fraction of sp³-hybridized carbons (Fsp3) is 0.833. The van der Waals surface area contributed by atoms with Crippen molar-refractivity contribution in [2.24, 2.45) is 0 Å². The van der Waals surface area contributed by atoms with E-state index in [-0.39, 0.29) is 18.6 Å². The van der Waals surface area contributed by atoms with Gasteiger partial charge in [0.15, 0.2) is 0 Å². The zero-order valence-corrected chi connectivity index (χ0v) is 11.3. The van der Waals surface area contributed by atoms with Crippen LogP contribution >= 0.6 is 0 Å². The molecule has 0 aromatic heterocycles. The summed E-state index contributed by atoms with van der Waals surface area (Å²) in [6, 6.07) is 0.312. The maximum atomic E-state index is 11.9. The SMILES string of the molecule is CCN(CC(=O)O)C(=O)NC1CCN(C)C(C)C1. The summed E-state index contributed by atoms with van der Waals surface area (Å²) in [4.78, 5) is 26.1. The first-order valence-corrected chi connectivity index (χ1v) is 6.41. The minimum atomic E-state index is -0.983. The summed E-state index contributed by atoms with van der Waals surface area (Å²) >= 11 is 0. The first-order chi connectivity index (χ1) is 8.43. The van der Waals surface area contributed by atoms with Crippen LogP contribution in [0, 0.1) is 0 Å². The number of likely N-dealkylation sites (N-methyl/N-ethyl adjacent to an activating group) is 1. The lowest BCUT2D eigenvalue weighted by atomic mass is 9.99. The molecule has 0 aromatic rings. The van der Waals surface area contributed by atoms with Crippen molar-refractivity contribution in [2.45, 2.75) is 38.8 Å². The van der Waals surface area contributed by atoms with Crippen LogP contribution in [0.4, 0.5) is 4.79 Å². The van der Waals surface area contributed by atoms with Crippen LogP contribution in [-0.4, -0.2) is 65.7 Å². The Morgan fingerprint density at radius 3 is 2.67 bits per heavy atom. The molecule has 2 amide bonds. The number of carbonyl (C=O) groups excluding carboxylic acids is 1. The standard InChI is InChI=1S/C12H23N3O3/c1-4-15(8-11(16)17)12(18)13-10-5-6-14(3)9(2)7-10/h9-10H,4-8H2,1-3H3,(H,13,18)(H,16,17). The zero-order valence-electron chi connectivity index (χ0n) is 11.3. The third-order valence-corrected chi connectivity index (χ3v) is 3.53. The first-order valence-electron chi connectivity index (χ1n) is 6.41. The number of carbonyl (C=O) groups is 2. The van der Waals surface area contributed by atoms with E-state index in [9.17, 15) is 9.59 Å². The monoisotopic (exact) mass is 257 g/mol. The Morgan fingerprint density at radius 2 is 2.17 bits per heavy atom. The maximum Gasteiger partial charge on any atom is 0.323 e. The number of hydrogen-bond acceptors (Lipinski definition) is 3. The molecule has 0 aliphatic carbocycles. The van der Waals surface area contributed by atoms with E-state index in [0.29, 0.717) is 12.6 Å². The van der Waals surface area contributed by atoms with Gasteiger partial charge in [-0.3, -0.25) is 4.79 Å². The van der Waals surface area contributed by atoms with Gasteiger partial charge >= 0.3 is 12.0 Å². The van der Waals surface area contributed by atoms with Gasteiger partial charge in [-0.2, -0.15) is 0 Å². The number of nitrogens with zero attached hydrogens (tertiary/aromatic N) is 2. The molecule has 0 radical (unpaired) electrons. The third-order valence-electron chi connectivity index (χ3n) is 3.53. The van der Waals surface area contributed by atoms with Crippen molar-refractivity contribution in [3.05, 3.63) is 0 Å². The number of carboxylic acids is 1. The second-order valence-corrected chi connectivity index (χ2v) is 4.91. The Kier molecular flexibility index (Phi) is 5.40. The van der Waals surface area contributed by atoms with Gasteiger partial charge in [0.25, 0.3) is 0 Å². The Hall–Kier alpha value is -1.30. The van der Waals surface area contributed by atoms with Crippen molar-refractivity contribution in [2.75, 3.05) is 26.7 Å². The topological polar surface area (TPSA) is 72.9 Å². The van der Waals surface area contributed by atoms with Gasteiger partial charge in [0.05, 0.1) is 0 Å². The van der Waals surface area contributed by atoms with E-state index in [0.717, 1.165) is 19.4 Å². The van der Waals surface area contributed by atoms with Crippen molar-refractivity contribution in [3.63, 3.8) is 0 Å². The average molecular weight is 257 g/mol. The van der Waals surface area contributed by atoms with Gasteiger partial charge in [-0.15, -0.1) is 0 Å². The molecular formula is C12H23N3O3. The van der Waals surface area contributed by atoms with Crippen LogP contribution in [0.5, 0.6) is 0 Å². The molecule has 0 bridgehead atoms. The molecule has 1 saturated heterocycles. The summed E-state index contributed by atoms with van der Waals surface area (Å²) in [5.41, 5.74) is 0. The van der Waals surface area contributed by atoms with E-state index in [1.807, 2.05) is 0 Å². The highest BCUT2D eigenvalue weighted by Crippen LogP contribution is 2.15. The zero-order chi connectivity index (χ0) is 13.7. The molecule has 2 atom stereocenters. The lowest BCUT2D eigenvalue weighted by molar-refractivity contribution is -0.137. The van der Waals surface area contributed by atoms with Gasteiger partial charge < -0.3 is 20.2 Å². The van der Waals surface area contributed by atoms with Gasteiger partial charge in [0, 0.05) is 25.2 Å². The molecule has 0 aromatic carbocycles. The van der Waals surface area contributed by atoms with Crippen molar-refractivity contribution in [3.8, 4) is 0 Å². The first kappa shape index (κ1) is 14.8. The lowest BCUT2D eigenvalue weighted by Gasteiger charge is -2.36. The fourth-order valence-corrected chi connectivity index (χ4v) is 2.18. The molecule has 1 fully saturated rings. The molecule has 1 aliphatic rings. The predicted octanol–water partition coefficient (Wildman–Crippen LogP) is 0.585. The average Bonchev–Trinajstić information content (AvgIpc) is 2.30. The van der Waals surface area contributed by atoms with Crippen LogP contribution in [0.3, 0.4) is 0 Å². The van der Waals surface area contributed by atoms with Crippen LogP contribution in [0.2, 0.25) is 0 Å². The van der Waals surface area contributed by atoms with E-state index in [2.05, 4.69) is 24.2 Å². The van der Waals surface area contributed by atoms with Gasteiger partial charge in [-0.05, 0) is 33.7 Å². The molecule has 6 nitrogen and oxygen atoms in total. The Bertz CT molecular complexity index is 309. The largest absolute Gasteiger partial charge is 0.480 e. The van der Waals surface area contributed by atoms with Crippen molar-refractivity contribution < 1.29 is 14.7 Å². The number of carboxylic acid groups (broad SMARTS) is 1. The lowest BCUT2D eigenvalue weighted by Crippen LogP contribution is -2.51. The normalized spacial score (nSPS) is 24.6. The second kappa shape index (κ2) is 6.58. The smallest absolute Gasteiger partial charge is 0.323 e. The van der Waals surface area contributed by atoms with E-state index >= 15 is 0 Å². The van der Waals surface area contributed by atoms with Crippen molar-refractivity contribution in [1.29, 1.82) is 0 Å². The van der Waals surface area contributed by atoms with Crippen LogP contribution in [-0.2, 0) is 4.79 Å². The number of likely N-dealkylation sites (tertiary alicyclic amines) is 1. The quantitative estimate of drug-likeness (QED) is 0.773. The summed E-state index contributed by atoms with van der Waals surface area (Å²) in [5.74, 6) is -0.983. The highest BCUT2D eigenvalue weighted by Gasteiger charge is 2.25. The number of piperidine rings is 1. The van der Waals surface area contributed by atoms with Crippen LogP contribution in [0.1, 0.15) is 26.7 Å². The number of hydrogen-bond donors (Lipinski definition) is 2. The molecule has 104 valence electrons. The summed E-state index contributed by atoms with van der Waals surface area (Å²) in [6.07, 6.45) is 1.82. The Morgan fingerprint density at radius 1 is 1.50 bits per heavy atom. The molecule has 1 aliphatic heterocycles. The fourth-order valence-electron chi connectivity index (χ4n) is 2.18. The molecule has 1 rings (SSSR count). The number of rotatable bonds is 4. The van der Waals surface area contributed by atoms with Gasteiger partial charge in [-0.1, -0.05) is 0 Å². The summed E-state index contributed by atoms with van der Waals surface area (Å²) in [7, 11) is 2.07. The predicted molar refractivity (Wildman–Crippen MR) is 68.5 cm³/mol. The molecule has 0 saturated carbocycles. The summed E-state index contributed by atoms with van der Waals surface area (Å²) < 4.78 is 0. The van der Waals surface area contributed by atoms with Crippen LogP contribution in [0.25, 0.3) is 0 Å². The Labute approximate surface area is 108 Å². The highest BCUT2D eigenvalue weighted by atomic mass is 16.4. The van der Waals surface area contributed by atoms with Crippen molar-refractivity contribution in [1.82, 2.24) is 15.1 Å². The molecule has 1 heterocycles. The maximum absolute atomic E-state index is 11.9. The van der Waals surface area contributed by atoms with Crippen LogP contribution < -0.4 is 5.32 Å². The van der Waals surface area contributed by atoms with E-state index in [1.54, 1.807) is 6.92 Å². The molecule has 2 unspecified atom stereocenters. The van der Waals surface area contributed by atoms with Crippen LogP contribution in [0.15, 0.2) is 0 Å². The molecule has 2 N–H and O–H groups in total. The molecule has 18 heavy (non-hydrogen) atoms. The number of aliphatic carboxylic acids is 1. The molecule has 6 heteroatoms. The van der Waals surface area contributed by atoms with Gasteiger partial charge in [0.2, 0.25) is 0 Å².